The number of aryl methyl sites for hydroxylation is 1. The van der Waals surface area contributed by atoms with Gasteiger partial charge < -0.3 is 9.52 Å². The van der Waals surface area contributed by atoms with Crippen molar-refractivity contribution in [2.24, 2.45) is 0 Å². The molecule has 102 valence electrons. The summed E-state index contributed by atoms with van der Waals surface area (Å²) >= 11 is 9.58. The van der Waals surface area contributed by atoms with E-state index in [0.717, 1.165) is 21.0 Å². The zero-order chi connectivity index (χ0) is 14.3. The van der Waals surface area contributed by atoms with Crippen molar-refractivity contribution in [2.45, 2.75) is 13.0 Å². The highest BCUT2D eigenvalue weighted by Gasteiger charge is 2.19. The smallest absolute Gasteiger partial charge is 0.138 e. The molecule has 20 heavy (non-hydrogen) atoms. The van der Waals surface area contributed by atoms with E-state index in [1.165, 1.54) is 0 Å². The number of halogens is 2. The molecule has 0 saturated heterocycles. The molecular weight excluding hydrogens is 340 g/mol. The summed E-state index contributed by atoms with van der Waals surface area (Å²) < 4.78 is 6.54. The average Bonchev–Trinajstić information content (AvgIpc) is 2.87. The van der Waals surface area contributed by atoms with E-state index in [1.54, 1.807) is 6.07 Å². The molecule has 3 aromatic rings. The predicted molar refractivity (Wildman–Crippen MR) is 84.2 cm³/mol. The minimum absolute atomic E-state index is 0.495. The third-order valence-electron chi connectivity index (χ3n) is 3.31. The van der Waals surface area contributed by atoms with E-state index in [0.29, 0.717) is 16.3 Å². The molecule has 0 spiro atoms. The van der Waals surface area contributed by atoms with Crippen molar-refractivity contribution in [2.75, 3.05) is 0 Å². The van der Waals surface area contributed by atoms with Crippen molar-refractivity contribution >= 4 is 38.5 Å². The molecule has 0 aliphatic heterocycles. The van der Waals surface area contributed by atoms with Crippen LogP contribution in [0.15, 0.2) is 51.4 Å². The van der Waals surface area contributed by atoms with Gasteiger partial charge in [0.05, 0.1) is 5.02 Å². The number of rotatable bonds is 2. The number of para-hydroxylation sites is 1. The van der Waals surface area contributed by atoms with Crippen LogP contribution in [0.2, 0.25) is 5.02 Å². The zero-order valence-electron chi connectivity index (χ0n) is 10.7. The number of benzene rings is 2. The average molecular weight is 352 g/mol. The van der Waals surface area contributed by atoms with Crippen LogP contribution in [-0.2, 0) is 0 Å². The monoisotopic (exact) mass is 350 g/mol. The molecule has 0 bridgehead atoms. The van der Waals surface area contributed by atoms with Gasteiger partial charge in [-0.3, -0.25) is 0 Å². The summed E-state index contributed by atoms with van der Waals surface area (Å²) in [5, 5.41) is 12.0. The Balaban J connectivity index is 2.10. The Kier molecular flexibility index (Phi) is 3.59. The Morgan fingerprint density at radius 2 is 1.95 bits per heavy atom. The van der Waals surface area contributed by atoms with Gasteiger partial charge in [-0.2, -0.15) is 0 Å². The molecule has 2 aromatic carbocycles. The van der Waals surface area contributed by atoms with Crippen LogP contribution in [0, 0.1) is 6.92 Å². The van der Waals surface area contributed by atoms with Gasteiger partial charge in [0.2, 0.25) is 0 Å². The van der Waals surface area contributed by atoms with Crippen molar-refractivity contribution in [1.82, 2.24) is 0 Å². The number of aliphatic hydroxyl groups is 1. The lowest BCUT2D eigenvalue weighted by Gasteiger charge is -2.11. The number of hydrogen-bond acceptors (Lipinski definition) is 2. The molecule has 0 radical (unpaired) electrons. The van der Waals surface area contributed by atoms with Gasteiger partial charge in [0, 0.05) is 15.4 Å². The lowest BCUT2D eigenvalue weighted by atomic mass is 10.1. The number of hydrogen-bond donors (Lipinski definition) is 1. The topological polar surface area (TPSA) is 33.4 Å². The quantitative estimate of drug-likeness (QED) is 0.685. The molecule has 0 amide bonds. The third-order valence-corrected chi connectivity index (χ3v) is 4.62. The normalized spacial score (nSPS) is 12.8. The van der Waals surface area contributed by atoms with Crippen molar-refractivity contribution in [3.63, 3.8) is 0 Å². The number of furan rings is 1. The summed E-state index contributed by atoms with van der Waals surface area (Å²) in [5.74, 6) is 0.495. The van der Waals surface area contributed by atoms with E-state index in [-0.39, 0.29) is 0 Å². The first kappa shape index (κ1) is 13.7. The van der Waals surface area contributed by atoms with Crippen LogP contribution in [0.4, 0.5) is 0 Å². The van der Waals surface area contributed by atoms with Gasteiger partial charge in [0.1, 0.15) is 17.4 Å². The molecule has 1 heterocycles. The van der Waals surface area contributed by atoms with E-state index in [4.69, 9.17) is 16.0 Å². The Labute approximate surface area is 130 Å². The molecule has 1 atom stereocenters. The second-order valence-corrected chi connectivity index (χ2v) is 5.92. The highest BCUT2D eigenvalue weighted by Crippen LogP contribution is 2.35. The molecule has 3 rings (SSSR count). The zero-order valence-corrected chi connectivity index (χ0v) is 13.1. The number of aliphatic hydroxyl groups excluding tert-OH is 1. The van der Waals surface area contributed by atoms with Gasteiger partial charge in [0.25, 0.3) is 0 Å². The standard InChI is InChI=1S/C16H12BrClO2/c1-9-4-2-5-10-8-13(20-16(9)10)15(19)11-6-3-7-12(17)14(11)18/h2-8,15,19H,1H3. The van der Waals surface area contributed by atoms with Gasteiger partial charge in [-0.05, 0) is 40.5 Å². The van der Waals surface area contributed by atoms with Crippen LogP contribution < -0.4 is 0 Å². The molecular formula is C16H12BrClO2. The largest absolute Gasteiger partial charge is 0.458 e. The summed E-state index contributed by atoms with van der Waals surface area (Å²) in [7, 11) is 0. The highest BCUT2D eigenvalue weighted by molar-refractivity contribution is 9.10. The molecule has 0 aliphatic rings. The summed E-state index contributed by atoms with van der Waals surface area (Å²) in [6.07, 6.45) is -0.883. The fraction of sp³-hybridized carbons (Fsp3) is 0.125. The first-order valence-electron chi connectivity index (χ1n) is 6.19. The minimum Gasteiger partial charge on any atom is -0.458 e. The van der Waals surface area contributed by atoms with Crippen LogP contribution in [0.5, 0.6) is 0 Å². The first-order valence-corrected chi connectivity index (χ1v) is 7.36. The van der Waals surface area contributed by atoms with E-state index < -0.39 is 6.10 Å². The Hall–Kier alpha value is -1.29. The molecule has 4 heteroatoms. The molecule has 0 aliphatic carbocycles. The highest BCUT2D eigenvalue weighted by atomic mass is 79.9. The Morgan fingerprint density at radius 3 is 2.70 bits per heavy atom. The lowest BCUT2D eigenvalue weighted by Crippen LogP contribution is -1.99. The van der Waals surface area contributed by atoms with Crippen LogP contribution >= 0.6 is 27.5 Å². The molecule has 0 fully saturated rings. The van der Waals surface area contributed by atoms with E-state index in [2.05, 4.69) is 15.9 Å². The van der Waals surface area contributed by atoms with E-state index in [9.17, 15) is 5.11 Å². The molecule has 0 saturated carbocycles. The maximum atomic E-state index is 10.5. The second-order valence-electron chi connectivity index (χ2n) is 4.69. The Bertz CT molecular complexity index is 779. The summed E-state index contributed by atoms with van der Waals surface area (Å²) in [4.78, 5) is 0. The fourth-order valence-corrected chi connectivity index (χ4v) is 2.86. The van der Waals surface area contributed by atoms with Crippen LogP contribution in [0.3, 0.4) is 0 Å². The van der Waals surface area contributed by atoms with E-state index >= 15 is 0 Å². The minimum atomic E-state index is -0.883. The maximum absolute atomic E-state index is 10.5. The van der Waals surface area contributed by atoms with Crippen molar-refractivity contribution in [3.05, 3.63) is 68.8 Å². The molecule has 1 N–H and O–H groups in total. The molecule has 2 nitrogen and oxygen atoms in total. The first-order chi connectivity index (χ1) is 9.58. The van der Waals surface area contributed by atoms with Crippen molar-refractivity contribution in [3.8, 4) is 0 Å². The summed E-state index contributed by atoms with van der Waals surface area (Å²) in [6.45, 7) is 1.98. The lowest BCUT2D eigenvalue weighted by molar-refractivity contribution is 0.192. The van der Waals surface area contributed by atoms with Gasteiger partial charge >= 0.3 is 0 Å². The van der Waals surface area contributed by atoms with Crippen molar-refractivity contribution in [1.29, 1.82) is 0 Å². The predicted octanol–water partition coefficient (Wildman–Crippen LogP) is 5.24. The van der Waals surface area contributed by atoms with Crippen LogP contribution in [-0.4, -0.2) is 5.11 Å². The molecule has 1 aromatic heterocycles. The fourth-order valence-electron chi connectivity index (χ4n) is 2.25. The third kappa shape index (κ3) is 2.26. The van der Waals surface area contributed by atoms with Crippen molar-refractivity contribution < 1.29 is 9.52 Å². The Morgan fingerprint density at radius 1 is 1.20 bits per heavy atom. The summed E-state index contributed by atoms with van der Waals surface area (Å²) in [6, 6.07) is 13.2. The number of fused-ring (bicyclic) bond motifs is 1. The maximum Gasteiger partial charge on any atom is 0.138 e. The second kappa shape index (κ2) is 5.24. The van der Waals surface area contributed by atoms with E-state index in [1.807, 2.05) is 43.3 Å². The summed E-state index contributed by atoms with van der Waals surface area (Å²) in [5.41, 5.74) is 2.46. The van der Waals surface area contributed by atoms with Gasteiger partial charge in [-0.15, -0.1) is 0 Å². The van der Waals surface area contributed by atoms with Gasteiger partial charge in [0.15, 0.2) is 0 Å². The van der Waals surface area contributed by atoms with Gasteiger partial charge in [-0.25, -0.2) is 0 Å². The van der Waals surface area contributed by atoms with Crippen LogP contribution in [0.1, 0.15) is 23.0 Å². The van der Waals surface area contributed by atoms with Crippen LogP contribution in [0.25, 0.3) is 11.0 Å². The molecule has 1 unspecified atom stereocenters. The van der Waals surface area contributed by atoms with Gasteiger partial charge in [-0.1, -0.05) is 41.9 Å². The SMILES string of the molecule is Cc1cccc2cc(C(O)c3cccc(Br)c3Cl)oc12.